The van der Waals surface area contributed by atoms with E-state index in [0.717, 1.165) is 22.7 Å². The molecular weight excluding hydrogens is 316 g/mol. The second kappa shape index (κ2) is 8.01. The Kier molecular flexibility index (Phi) is 5.31. The topological polar surface area (TPSA) is 68.3 Å². The van der Waals surface area contributed by atoms with Crippen LogP contribution in [0.2, 0.25) is 0 Å². The molecule has 2 N–H and O–H groups in total. The number of nitrogens with one attached hydrogen (secondary N) is 2. The molecule has 0 radical (unpaired) electrons. The van der Waals surface area contributed by atoms with Gasteiger partial charge in [-0.05, 0) is 42.0 Å². The molecule has 0 aliphatic carbocycles. The number of anilines is 3. The maximum Gasteiger partial charge on any atom is 0.151 e. The lowest BCUT2D eigenvalue weighted by molar-refractivity contribution is 0.414. The zero-order valence-corrected chi connectivity index (χ0v) is 14.2. The van der Waals surface area contributed by atoms with Gasteiger partial charge in [-0.2, -0.15) is 0 Å². The Hall–Kier alpha value is -3.28. The molecule has 0 saturated carbocycles. The summed E-state index contributed by atoms with van der Waals surface area (Å²) in [5, 5.41) is 6.49. The summed E-state index contributed by atoms with van der Waals surface area (Å²) in [5.41, 5.74) is 2.05. The van der Waals surface area contributed by atoms with E-state index in [1.165, 1.54) is 0 Å². The van der Waals surface area contributed by atoms with Crippen molar-refractivity contribution >= 4 is 17.3 Å². The van der Waals surface area contributed by atoms with Crippen molar-refractivity contribution in [3.63, 3.8) is 0 Å². The molecule has 0 fully saturated rings. The highest BCUT2D eigenvalue weighted by atomic mass is 16.5. The summed E-state index contributed by atoms with van der Waals surface area (Å²) in [6.45, 7) is 0.657. The molecule has 0 aliphatic rings. The maximum absolute atomic E-state index is 5.16. The zero-order valence-electron chi connectivity index (χ0n) is 14.2. The van der Waals surface area contributed by atoms with Crippen molar-refractivity contribution < 1.29 is 9.47 Å². The van der Waals surface area contributed by atoms with Gasteiger partial charge < -0.3 is 20.1 Å². The number of hydrogen-bond donors (Lipinski definition) is 2. The molecule has 3 aromatic rings. The van der Waals surface area contributed by atoms with Gasteiger partial charge in [0.1, 0.15) is 17.3 Å². The van der Waals surface area contributed by atoms with Gasteiger partial charge in [-0.25, -0.2) is 4.98 Å². The fourth-order valence-electron chi connectivity index (χ4n) is 2.27. The van der Waals surface area contributed by atoms with Gasteiger partial charge >= 0.3 is 0 Å². The summed E-state index contributed by atoms with van der Waals surface area (Å²) in [6, 6.07) is 15.5. The molecule has 0 bridgehead atoms. The van der Waals surface area contributed by atoms with Gasteiger partial charge in [0.25, 0.3) is 0 Å². The van der Waals surface area contributed by atoms with Crippen LogP contribution in [0.4, 0.5) is 17.3 Å². The van der Waals surface area contributed by atoms with Crippen molar-refractivity contribution in [3.05, 3.63) is 66.5 Å². The Morgan fingerprint density at radius 1 is 0.800 bits per heavy atom. The smallest absolute Gasteiger partial charge is 0.151 e. The number of rotatable bonds is 7. The molecule has 128 valence electrons. The quantitative estimate of drug-likeness (QED) is 0.683. The van der Waals surface area contributed by atoms with Gasteiger partial charge in [0.2, 0.25) is 0 Å². The molecule has 2 aromatic carbocycles. The van der Waals surface area contributed by atoms with E-state index in [1.807, 2.05) is 48.5 Å². The van der Waals surface area contributed by atoms with Gasteiger partial charge in [-0.1, -0.05) is 12.1 Å². The van der Waals surface area contributed by atoms with Crippen molar-refractivity contribution in [2.45, 2.75) is 6.54 Å². The molecule has 0 saturated heterocycles. The monoisotopic (exact) mass is 336 g/mol. The lowest BCUT2D eigenvalue weighted by Crippen LogP contribution is -2.03. The third kappa shape index (κ3) is 4.60. The Labute approximate surface area is 146 Å². The summed E-state index contributed by atoms with van der Waals surface area (Å²) in [4.78, 5) is 8.74. The van der Waals surface area contributed by atoms with E-state index in [0.29, 0.717) is 18.2 Å². The van der Waals surface area contributed by atoms with Crippen molar-refractivity contribution in [1.82, 2.24) is 9.97 Å². The van der Waals surface area contributed by atoms with Gasteiger partial charge in [0, 0.05) is 12.2 Å². The zero-order chi connectivity index (χ0) is 17.5. The molecule has 0 aliphatic heterocycles. The minimum Gasteiger partial charge on any atom is -0.497 e. The van der Waals surface area contributed by atoms with E-state index < -0.39 is 0 Å². The first kappa shape index (κ1) is 16.6. The van der Waals surface area contributed by atoms with Crippen LogP contribution in [-0.4, -0.2) is 24.2 Å². The number of methoxy groups -OCH3 is 2. The van der Waals surface area contributed by atoms with Crippen LogP contribution in [0.5, 0.6) is 11.5 Å². The van der Waals surface area contributed by atoms with E-state index in [2.05, 4.69) is 20.6 Å². The molecular formula is C19H20N4O2. The minimum atomic E-state index is 0.657. The molecule has 1 aromatic heterocycles. The van der Waals surface area contributed by atoms with Crippen LogP contribution in [0.3, 0.4) is 0 Å². The van der Waals surface area contributed by atoms with E-state index in [4.69, 9.17) is 9.47 Å². The van der Waals surface area contributed by atoms with Crippen molar-refractivity contribution in [2.24, 2.45) is 0 Å². The highest BCUT2D eigenvalue weighted by Gasteiger charge is 2.01. The molecule has 0 unspecified atom stereocenters. The lowest BCUT2D eigenvalue weighted by Gasteiger charge is -2.09. The van der Waals surface area contributed by atoms with Crippen LogP contribution < -0.4 is 20.1 Å². The predicted molar refractivity (Wildman–Crippen MR) is 98.6 cm³/mol. The van der Waals surface area contributed by atoms with Crippen LogP contribution in [0, 0.1) is 0 Å². The number of aromatic nitrogens is 2. The van der Waals surface area contributed by atoms with Crippen molar-refractivity contribution in [1.29, 1.82) is 0 Å². The molecule has 0 amide bonds. The van der Waals surface area contributed by atoms with Crippen LogP contribution >= 0.6 is 0 Å². The average Bonchev–Trinajstić information content (AvgIpc) is 2.68. The third-order valence-corrected chi connectivity index (χ3v) is 3.63. The second-order valence-electron chi connectivity index (χ2n) is 5.34. The normalized spacial score (nSPS) is 10.2. The Bertz CT molecular complexity index is 804. The van der Waals surface area contributed by atoms with E-state index in [-0.39, 0.29) is 0 Å². The third-order valence-electron chi connectivity index (χ3n) is 3.63. The molecule has 3 rings (SSSR count). The van der Waals surface area contributed by atoms with E-state index in [1.54, 1.807) is 26.6 Å². The van der Waals surface area contributed by atoms with Crippen LogP contribution in [-0.2, 0) is 6.54 Å². The fourth-order valence-corrected chi connectivity index (χ4v) is 2.27. The highest BCUT2D eigenvalue weighted by Crippen LogP contribution is 2.19. The Morgan fingerprint density at radius 3 is 2.04 bits per heavy atom. The van der Waals surface area contributed by atoms with Gasteiger partial charge in [-0.3, -0.25) is 4.98 Å². The summed E-state index contributed by atoms with van der Waals surface area (Å²) >= 11 is 0. The predicted octanol–water partition coefficient (Wildman–Crippen LogP) is 3.85. The van der Waals surface area contributed by atoms with Gasteiger partial charge in [0.05, 0.1) is 26.6 Å². The molecule has 1 heterocycles. The minimum absolute atomic E-state index is 0.657. The first-order chi connectivity index (χ1) is 12.3. The average molecular weight is 336 g/mol. The molecule has 25 heavy (non-hydrogen) atoms. The largest absolute Gasteiger partial charge is 0.497 e. The van der Waals surface area contributed by atoms with Gasteiger partial charge in [0.15, 0.2) is 5.82 Å². The summed E-state index contributed by atoms with van der Waals surface area (Å²) in [5.74, 6) is 3.03. The number of hydrogen-bond acceptors (Lipinski definition) is 6. The van der Waals surface area contributed by atoms with Gasteiger partial charge in [-0.15, -0.1) is 0 Å². The SMILES string of the molecule is COc1ccc(CNc2cncc(Nc3ccc(OC)cc3)n2)cc1. The second-order valence-corrected chi connectivity index (χ2v) is 5.34. The first-order valence-electron chi connectivity index (χ1n) is 7.87. The summed E-state index contributed by atoms with van der Waals surface area (Å²) < 4.78 is 10.3. The number of ether oxygens (including phenoxy) is 2. The highest BCUT2D eigenvalue weighted by molar-refractivity contribution is 5.57. The van der Waals surface area contributed by atoms with E-state index in [9.17, 15) is 0 Å². The molecule has 0 spiro atoms. The molecule has 6 heteroatoms. The summed E-state index contributed by atoms with van der Waals surface area (Å²) in [7, 11) is 3.30. The standard InChI is InChI=1S/C19H20N4O2/c1-24-16-7-3-14(4-8-16)11-21-18-12-20-13-19(23-18)22-15-5-9-17(25-2)10-6-15/h3-10,12-13H,11H2,1-2H3,(H2,21,22,23). The lowest BCUT2D eigenvalue weighted by atomic mass is 10.2. The number of nitrogens with zero attached hydrogens (tertiary/aromatic N) is 2. The number of benzene rings is 2. The van der Waals surface area contributed by atoms with Crippen LogP contribution in [0.25, 0.3) is 0 Å². The maximum atomic E-state index is 5.16. The Balaban J connectivity index is 1.62. The first-order valence-corrected chi connectivity index (χ1v) is 7.87. The Morgan fingerprint density at radius 2 is 1.40 bits per heavy atom. The van der Waals surface area contributed by atoms with E-state index >= 15 is 0 Å². The van der Waals surface area contributed by atoms with Crippen molar-refractivity contribution in [2.75, 3.05) is 24.9 Å². The van der Waals surface area contributed by atoms with Crippen LogP contribution in [0.1, 0.15) is 5.56 Å². The van der Waals surface area contributed by atoms with Crippen LogP contribution in [0.15, 0.2) is 60.9 Å². The fraction of sp³-hybridized carbons (Fsp3) is 0.158. The molecule has 0 atom stereocenters. The van der Waals surface area contributed by atoms with Crippen molar-refractivity contribution in [3.8, 4) is 11.5 Å². The molecule has 6 nitrogen and oxygen atoms in total. The summed E-state index contributed by atoms with van der Waals surface area (Å²) in [6.07, 6.45) is 3.38.